The number of aromatic nitrogens is 1. The molecule has 0 fully saturated rings. The van der Waals surface area contributed by atoms with Crippen molar-refractivity contribution < 1.29 is 19.1 Å². The van der Waals surface area contributed by atoms with E-state index in [1.165, 1.54) is 6.39 Å². The summed E-state index contributed by atoms with van der Waals surface area (Å²) >= 11 is 0. The van der Waals surface area contributed by atoms with Crippen LogP contribution in [0.5, 0.6) is 0 Å². The van der Waals surface area contributed by atoms with E-state index >= 15 is 0 Å². The molecule has 1 heterocycles. The van der Waals surface area contributed by atoms with E-state index in [0.717, 1.165) is 11.1 Å². The molecule has 1 unspecified atom stereocenters. The van der Waals surface area contributed by atoms with E-state index < -0.39 is 17.9 Å². The second kappa shape index (κ2) is 6.21. The van der Waals surface area contributed by atoms with Crippen LogP contribution in [0.4, 0.5) is 0 Å². The van der Waals surface area contributed by atoms with Crippen molar-refractivity contribution in [3.63, 3.8) is 0 Å². The molecule has 2 N–H and O–H groups in total. The summed E-state index contributed by atoms with van der Waals surface area (Å²) in [5.74, 6) is -1.04. The molecular formula is C15H16N2O4. The molecule has 1 aromatic heterocycles. The van der Waals surface area contributed by atoms with E-state index in [9.17, 15) is 9.59 Å². The van der Waals surface area contributed by atoms with Crippen molar-refractivity contribution in [1.82, 2.24) is 10.3 Å². The van der Waals surface area contributed by atoms with Crippen LogP contribution in [-0.2, 0) is 4.79 Å². The maximum absolute atomic E-state index is 12.2. The molecule has 0 aliphatic rings. The minimum Gasteiger partial charge on any atom is -0.481 e. The number of carbonyl (C=O) groups excluding carboxylic acids is 1. The lowest BCUT2D eigenvalue weighted by atomic mass is 9.98. The Kier molecular flexibility index (Phi) is 4.37. The Morgan fingerprint density at radius 1 is 1.33 bits per heavy atom. The lowest BCUT2D eigenvalue weighted by Gasteiger charge is -2.19. The van der Waals surface area contributed by atoms with Crippen LogP contribution >= 0.6 is 0 Å². The molecule has 0 aliphatic heterocycles. The van der Waals surface area contributed by atoms with Gasteiger partial charge in [0.2, 0.25) is 0 Å². The van der Waals surface area contributed by atoms with E-state index in [0.29, 0.717) is 5.76 Å². The topological polar surface area (TPSA) is 92.4 Å². The lowest BCUT2D eigenvalue weighted by Crippen LogP contribution is -2.31. The number of oxazole rings is 1. The average Bonchev–Trinajstić information content (AvgIpc) is 2.84. The SMILES string of the molecule is Cc1ccccc1C(CC(=O)O)NC(=O)c1ncoc1C. The Bertz CT molecular complexity index is 663. The Balaban J connectivity index is 2.25. The number of carboxylic acids is 1. The van der Waals surface area contributed by atoms with Crippen molar-refractivity contribution in [1.29, 1.82) is 0 Å². The summed E-state index contributed by atoms with van der Waals surface area (Å²) in [6.07, 6.45) is 0.984. The fraction of sp³-hybridized carbons (Fsp3) is 0.267. The monoisotopic (exact) mass is 288 g/mol. The molecule has 21 heavy (non-hydrogen) atoms. The van der Waals surface area contributed by atoms with Crippen molar-refractivity contribution >= 4 is 11.9 Å². The molecule has 1 atom stereocenters. The molecule has 0 spiro atoms. The van der Waals surface area contributed by atoms with Gasteiger partial charge in [-0.05, 0) is 25.0 Å². The Morgan fingerprint density at radius 3 is 2.62 bits per heavy atom. The zero-order chi connectivity index (χ0) is 15.4. The number of carbonyl (C=O) groups is 2. The van der Waals surface area contributed by atoms with Crippen LogP contribution in [0.25, 0.3) is 0 Å². The second-order valence-corrected chi connectivity index (χ2v) is 4.74. The van der Waals surface area contributed by atoms with Crippen LogP contribution in [0.1, 0.15) is 39.8 Å². The Labute approximate surface area is 121 Å². The van der Waals surface area contributed by atoms with Gasteiger partial charge in [-0.2, -0.15) is 0 Å². The van der Waals surface area contributed by atoms with Crippen LogP contribution < -0.4 is 5.32 Å². The molecule has 6 nitrogen and oxygen atoms in total. The molecule has 1 amide bonds. The molecule has 6 heteroatoms. The number of nitrogens with zero attached hydrogens (tertiary/aromatic N) is 1. The number of hydrogen-bond donors (Lipinski definition) is 2. The van der Waals surface area contributed by atoms with Crippen molar-refractivity contribution in [3.05, 3.63) is 53.2 Å². The molecule has 0 radical (unpaired) electrons. The van der Waals surface area contributed by atoms with Gasteiger partial charge in [0.05, 0.1) is 12.5 Å². The van der Waals surface area contributed by atoms with Crippen LogP contribution in [0.15, 0.2) is 35.1 Å². The van der Waals surface area contributed by atoms with Gasteiger partial charge in [0.15, 0.2) is 12.1 Å². The molecular weight excluding hydrogens is 272 g/mol. The van der Waals surface area contributed by atoms with Crippen molar-refractivity contribution in [2.45, 2.75) is 26.3 Å². The summed E-state index contributed by atoms with van der Waals surface area (Å²) in [7, 11) is 0. The Hall–Kier alpha value is -2.63. The maximum Gasteiger partial charge on any atom is 0.305 e. The van der Waals surface area contributed by atoms with Crippen molar-refractivity contribution in [3.8, 4) is 0 Å². The maximum atomic E-state index is 12.2. The minimum atomic E-state index is -0.986. The van der Waals surface area contributed by atoms with E-state index in [2.05, 4.69) is 10.3 Å². The smallest absolute Gasteiger partial charge is 0.305 e. The first-order valence-corrected chi connectivity index (χ1v) is 6.47. The highest BCUT2D eigenvalue weighted by atomic mass is 16.4. The summed E-state index contributed by atoms with van der Waals surface area (Å²) in [5, 5.41) is 11.8. The average molecular weight is 288 g/mol. The lowest BCUT2D eigenvalue weighted by molar-refractivity contribution is -0.137. The van der Waals surface area contributed by atoms with Crippen molar-refractivity contribution in [2.75, 3.05) is 0 Å². The van der Waals surface area contributed by atoms with Gasteiger partial charge in [-0.15, -0.1) is 0 Å². The van der Waals surface area contributed by atoms with Gasteiger partial charge in [-0.1, -0.05) is 24.3 Å². The van der Waals surface area contributed by atoms with Gasteiger partial charge < -0.3 is 14.8 Å². The number of nitrogens with one attached hydrogen (secondary N) is 1. The van der Waals surface area contributed by atoms with Crippen LogP contribution in [0, 0.1) is 13.8 Å². The van der Waals surface area contributed by atoms with Crippen molar-refractivity contribution in [2.24, 2.45) is 0 Å². The fourth-order valence-corrected chi connectivity index (χ4v) is 2.14. The fourth-order valence-electron chi connectivity index (χ4n) is 2.14. The van der Waals surface area contributed by atoms with Gasteiger partial charge in [0.1, 0.15) is 5.76 Å². The third-order valence-corrected chi connectivity index (χ3v) is 3.21. The summed E-state index contributed by atoms with van der Waals surface area (Å²) < 4.78 is 4.99. The zero-order valence-electron chi connectivity index (χ0n) is 11.8. The van der Waals surface area contributed by atoms with E-state index in [1.54, 1.807) is 13.0 Å². The highest BCUT2D eigenvalue weighted by Gasteiger charge is 2.22. The number of aliphatic carboxylic acids is 1. The predicted octanol–water partition coefficient (Wildman–Crippen LogP) is 2.24. The van der Waals surface area contributed by atoms with Gasteiger partial charge in [0, 0.05) is 0 Å². The van der Waals surface area contributed by atoms with E-state index in [1.807, 2.05) is 25.1 Å². The first-order valence-electron chi connectivity index (χ1n) is 6.47. The van der Waals surface area contributed by atoms with Crippen LogP contribution in [0.2, 0.25) is 0 Å². The molecule has 0 bridgehead atoms. The zero-order valence-corrected chi connectivity index (χ0v) is 11.8. The summed E-state index contributed by atoms with van der Waals surface area (Å²) in [5.41, 5.74) is 1.86. The third-order valence-electron chi connectivity index (χ3n) is 3.21. The summed E-state index contributed by atoms with van der Waals surface area (Å²) in [6, 6.07) is 6.73. The summed E-state index contributed by atoms with van der Waals surface area (Å²) in [4.78, 5) is 27.1. The molecule has 1 aromatic carbocycles. The molecule has 0 saturated carbocycles. The number of hydrogen-bond acceptors (Lipinski definition) is 4. The number of carboxylic acid groups (broad SMARTS) is 1. The first kappa shape index (κ1) is 14.8. The van der Waals surface area contributed by atoms with Gasteiger partial charge in [-0.25, -0.2) is 4.98 Å². The number of benzene rings is 1. The largest absolute Gasteiger partial charge is 0.481 e. The summed E-state index contributed by atoms with van der Waals surface area (Å²) in [6.45, 7) is 3.50. The molecule has 2 aromatic rings. The van der Waals surface area contributed by atoms with Gasteiger partial charge in [-0.3, -0.25) is 9.59 Å². The second-order valence-electron chi connectivity index (χ2n) is 4.74. The van der Waals surface area contributed by atoms with Gasteiger partial charge in [0.25, 0.3) is 5.91 Å². The number of amides is 1. The van der Waals surface area contributed by atoms with Gasteiger partial charge >= 0.3 is 5.97 Å². The molecule has 2 rings (SSSR count). The van der Waals surface area contributed by atoms with E-state index in [4.69, 9.17) is 9.52 Å². The van der Waals surface area contributed by atoms with E-state index in [-0.39, 0.29) is 12.1 Å². The van der Waals surface area contributed by atoms with Crippen LogP contribution in [0.3, 0.4) is 0 Å². The highest BCUT2D eigenvalue weighted by Crippen LogP contribution is 2.21. The quantitative estimate of drug-likeness (QED) is 0.880. The molecule has 0 saturated heterocycles. The molecule has 0 aliphatic carbocycles. The minimum absolute atomic E-state index is 0.166. The Morgan fingerprint density at radius 2 is 2.05 bits per heavy atom. The van der Waals surface area contributed by atoms with Crippen LogP contribution in [-0.4, -0.2) is 22.0 Å². The normalized spacial score (nSPS) is 11.9. The number of rotatable bonds is 5. The number of aryl methyl sites for hydroxylation is 2. The third kappa shape index (κ3) is 3.47. The first-order chi connectivity index (χ1) is 9.99. The predicted molar refractivity (Wildman–Crippen MR) is 74.9 cm³/mol. The molecule has 110 valence electrons. The standard InChI is InChI=1S/C15H16N2O4/c1-9-5-3-4-6-11(9)12(7-13(18)19)17-15(20)14-10(2)21-8-16-14/h3-6,8,12H,7H2,1-2H3,(H,17,20)(H,18,19). The highest BCUT2D eigenvalue weighted by molar-refractivity contribution is 5.93.